The van der Waals surface area contributed by atoms with E-state index in [1.54, 1.807) is 0 Å². The number of nitrogens with one attached hydrogen (secondary N) is 2. The smallest absolute Gasteiger partial charge is 0.246 e. The van der Waals surface area contributed by atoms with Crippen molar-refractivity contribution in [1.29, 1.82) is 0 Å². The maximum atomic E-state index is 13.0. The number of aliphatic hydroxyl groups excluding tert-OH is 1. The van der Waals surface area contributed by atoms with Gasteiger partial charge in [-0.25, -0.2) is 9.37 Å². The fraction of sp³-hybridized carbons (Fsp3) is 0.263. The molecule has 1 heterocycles. The molecule has 0 saturated heterocycles. The first-order chi connectivity index (χ1) is 12.5. The monoisotopic (exact) mass is 357 g/mol. The average molecular weight is 357 g/mol. The number of H-pyrrole nitrogens is 1. The summed E-state index contributed by atoms with van der Waals surface area (Å²) < 4.78 is 18.4. The highest BCUT2D eigenvalue weighted by molar-refractivity contribution is 5.78. The summed E-state index contributed by atoms with van der Waals surface area (Å²) in [6.07, 6.45) is 0. The van der Waals surface area contributed by atoms with Gasteiger partial charge in [0, 0.05) is 0 Å². The second-order valence-corrected chi connectivity index (χ2v) is 6.05. The summed E-state index contributed by atoms with van der Waals surface area (Å²) in [5.74, 6) is -0.114. The summed E-state index contributed by atoms with van der Waals surface area (Å²) in [5.41, 5.74) is 3.51. The van der Waals surface area contributed by atoms with Crippen LogP contribution in [0.15, 0.2) is 42.5 Å². The van der Waals surface area contributed by atoms with Gasteiger partial charge < -0.3 is 20.1 Å². The maximum Gasteiger partial charge on any atom is 0.246 e. The van der Waals surface area contributed by atoms with E-state index in [-0.39, 0.29) is 31.5 Å². The summed E-state index contributed by atoms with van der Waals surface area (Å²) in [6.45, 7) is 1.70. The molecule has 0 aliphatic rings. The first-order valence-electron chi connectivity index (χ1n) is 8.24. The number of aryl methyl sites for hydroxylation is 1. The Labute approximate surface area is 150 Å². The SMILES string of the molecule is Cc1ccc2nc(COCC(=O)N[C@@H](CO)c3ccc(F)cc3)[nH]c2c1. The zero-order valence-corrected chi connectivity index (χ0v) is 14.3. The van der Waals surface area contributed by atoms with Gasteiger partial charge >= 0.3 is 0 Å². The lowest BCUT2D eigenvalue weighted by atomic mass is 10.1. The molecular weight excluding hydrogens is 337 g/mol. The van der Waals surface area contributed by atoms with Crippen molar-refractivity contribution in [2.75, 3.05) is 13.2 Å². The van der Waals surface area contributed by atoms with Crippen molar-refractivity contribution in [3.8, 4) is 0 Å². The Balaban J connectivity index is 1.51. The quantitative estimate of drug-likeness (QED) is 0.606. The molecule has 6 nitrogen and oxygen atoms in total. The van der Waals surface area contributed by atoms with Crippen molar-refractivity contribution in [3.63, 3.8) is 0 Å². The number of fused-ring (bicyclic) bond motifs is 1. The standard InChI is InChI=1S/C19H20FN3O3/c1-12-2-7-15-16(8-12)22-18(21-15)10-26-11-19(25)23-17(9-24)13-3-5-14(20)6-4-13/h2-8,17,24H,9-11H2,1H3,(H,21,22)(H,23,25)/t17-/m0/s1. The number of benzene rings is 2. The highest BCUT2D eigenvalue weighted by Gasteiger charge is 2.14. The second-order valence-electron chi connectivity index (χ2n) is 6.05. The molecule has 0 spiro atoms. The van der Waals surface area contributed by atoms with Crippen LogP contribution in [0.5, 0.6) is 0 Å². The van der Waals surface area contributed by atoms with Gasteiger partial charge in [0.1, 0.15) is 24.9 Å². The lowest BCUT2D eigenvalue weighted by molar-refractivity contribution is -0.127. The van der Waals surface area contributed by atoms with Crippen LogP contribution in [-0.2, 0) is 16.1 Å². The van der Waals surface area contributed by atoms with Crippen LogP contribution in [0.1, 0.15) is 23.0 Å². The number of ether oxygens (including phenoxy) is 1. The molecule has 7 heteroatoms. The van der Waals surface area contributed by atoms with Gasteiger partial charge in [-0.1, -0.05) is 18.2 Å². The van der Waals surface area contributed by atoms with E-state index in [4.69, 9.17) is 4.74 Å². The molecule has 1 aromatic heterocycles. The summed E-state index contributed by atoms with van der Waals surface area (Å²) in [4.78, 5) is 19.6. The average Bonchev–Trinajstić information content (AvgIpc) is 3.02. The molecule has 2 aromatic carbocycles. The lowest BCUT2D eigenvalue weighted by Gasteiger charge is -2.16. The zero-order chi connectivity index (χ0) is 18.5. The van der Waals surface area contributed by atoms with E-state index in [9.17, 15) is 14.3 Å². The first-order valence-corrected chi connectivity index (χ1v) is 8.24. The van der Waals surface area contributed by atoms with Crippen LogP contribution in [0.2, 0.25) is 0 Å². The molecule has 0 fully saturated rings. The number of aromatic amines is 1. The first kappa shape index (κ1) is 18.0. The van der Waals surface area contributed by atoms with Gasteiger partial charge in [0.05, 0.1) is 23.7 Å². The Kier molecular flexibility index (Phi) is 5.60. The summed E-state index contributed by atoms with van der Waals surface area (Å²) in [6, 6.07) is 10.9. The third-order valence-electron chi connectivity index (χ3n) is 3.95. The molecule has 0 aliphatic carbocycles. The normalized spacial score (nSPS) is 12.3. The van der Waals surface area contributed by atoms with Gasteiger partial charge in [-0.2, -0.15) is 0 Å². The van der Waals surface area contributed by atoms with Gasteiger partial charge in [-0.15, -0.1) is 0 Å². The van der Waals surface area contributed by atoms with Gasteiger partial charge in [0.25, 0.3) is 0 Å². The van der Waals surface area contributed by atoms with Crippen LogP contribution in [0.25, 0.3) is 11.0 Å². The molecule has 1 amide bonds. The second kappa shape index (κ2) is 8.07. The van der Waals surface area contributed by atoms with E-state index < -0.39 is 6.04 Å². The maximum absolute atomic E-state index is 13.0. The third kappa shape index (κ3) is 4.44. The molecule has 0 radical (unpaired) electrons. The molecule has 3 N–H and O–H groups in total. The van der Waals surface area contributed by atoms with Crippen LogP contribution in [-0.4, -0.2) is 34.2 Å². The number of hydrogen-bond acceptors (Lipinski definition) is 4. The summed E-state index contributed by atoms with van der Waals surface area (Å²) in [5, 5.41) is 12.1. The van der Waals surface area contributed by atoms with Crippen LogP contribution in [0, 0.1) is 12.7 Å². The fourth-order valence-corrected chi connectivity index (χ4v) is 2.65. The lowest BCUT2D eigenvalue weighted by Crippen LogP contribution is -2.33. The predicted molar refractivity (Wildman–Crippen MR) is 94.9 cm³/mol. The van der Waals surface area contributed by atoms with E-state index >= 15 is 0 Å². The molecule has 0 unspecified atom stereocenters. The minimum Gasteiger partial charge on any atom is -0.394 e. The van der Waals surface area contributed by atoms with E-state index in [1.165, 1.54) is 24.3 Å². The Bertz CT molecular complexity index is 893. The topological polar surface area (TPSA) is 87.2 Å². The number of rotatable bonds is 7. The number of aliphatic hydroxyl groups is 1. The number of hydrogen-bond donors (Lipinski definition) is 3. The number of nitrogens with zero attached hydrogens (tertiary/aromatic N) is 1. The van der Waals surface area contributed by atoms with Crippen molar-refractivity contribution in [2.45, 2.75) is 19.6 Å². The number of carbonyl (C=O) groups is 1. The van der Waals surface area contributed by atoms with Crippen molar-refractivity contribution >= 4 is 16.9 Å². The molecule has 136 valence electrons. The van der Waals surface area contributed by atoms with Crippen LogP contribution in [0.3, 0.4) is 0 Å². The van der Waals surface area contributed by atoms with Gasteiger partial charge in [0.15, 0.2) is 0 Å². The number of halogens is 1. The van der Waals surface area contributed by atoms with Crippen molar-refractivity contribution in [3.05, 3.63) is 65.2 Å². The fourth-order valence-electron chi connectivity index (χ4n) is 2.65. The predicted octanol–water partition coefficient (Wildman–Crippen LogP) is 2.38. The van der Waals surface area contributed by atoms with Crippen LogP contribution >= 0.6 is 0 Å². The minimum absolute atomic E-state index is 0.168. The molecule has 0 bridgehead atoms. The number of imidazole rings is 1. The van der Waals surface area contributed by atoms with Crippen molar-refractivity contribution in [2.24, 2.45) is 0 Å². The molecular formula is C19H20FN3O3. The molecule has 1 atom stereocenters. The largest absolute Gasteiger partial charge is 0.394 e. The summed E-state index contributed by atoms with van der Waals surface area (Å²) in [7, 11) is 0. The third-order valence-corrected chi connectivity index (χ3v) is 3.95. The van der Waals surface area contributed by atoms with Crippen LogP contribution < -0.4 is 5.32 Å². The van der Waals surface area contributed by atoms with Crippen LogP contribution in [0.4, 0.5) is 4.39 Å². The van der Waals surface area contributed by atoms with Crippen molar-refractivity contribution < 1.29 is 19.0 Å². The van der Waals surface area contributed by atoms with E-state index in [0.717, 1.165) is 16.6 Å². The highest BCUT2D eigenvalue weighted by atomic mass is 19.1. The van der Waals surface area contributed by atoms with Gasteiger partial charge in [-0.3, -0.25) is 4.79 Å². The minimum atomic E-state index is -0.610. The van der Waals surface area contributed by atoms with Gasteiger partial charge in [0.2, 0.25) is 5.91 Å². The Morgan fingerprint density at radius 3 is 2.81 bits per heavy atom. The molecule has 3 rings (SSSR count). The molecule has 0 aliphatic heterocycles. The Hall–Kier alpha value is -2.77. The highest BCUT2D eigenvalue weighted by Crippen LogP contribution is 2.14. The zero-order valence-electron chi connectivity index (χ0n) is 14.3. The Morgan fingerprint density at radius 1 is 1.31 bits per heavy atom. The summed E-state index contributed by atoms with van der Waals surface area (Å²) >= 11 is 0. The van der Waals surface area contributed by atoms with Gasteiger partial charge in [-0.05, 0) is 42.3 Å². The number of aromatic nitrogens is 2. The number of carbonyl (C=O) groups excluding carboxylic acids is 1. The van der Waals surface area contributed by atoms with E-state index in [2.05, 4.69) is 15.3 Å². The Morgan fingerprint density at radius 2 is 2.08 bits per heavy atom. The van der Waals surface area contributed by atoms with E-state index in [1.807, 2.05) is 25.1 Å². The van der Waals surface area contributed by atoms with Crippen molar-refractivity contribution in [1.82, 2.24) is 15.3 Å². The molecule has 3 aromatic rings. The number of amides is 1. The van der Waals surface area contributed by atoms with E-state index in [0.29, 0.717) is 11.4 Å². The molecule has 0 saturated carbocycles. The molecule has 26 heavy (non-hydrogen) atoms.